The lowest BCUT2D eigenvalue weighted by Crippen LogP contribution is -2.53. The lowest BCUT2D eigenvalue weighted by molar-refractivity contribution is 0.0216. The molecular weight excluding hydrogens is 252 g/mol. The number of H-pyrrole nitrogens is 1. The summed E-state index contributed by atoms with van der Waals surface area (Å²) >= 11 is 0. The first kappa shape index (κ1) is 13.4. The molecule has 3 unspecified atom stereocenters. The second-order valence-corrected chi connectivity index (χ2v) is 6.20. The molecule has 1 aromatic heterocycles. The number of nitrogens with zero attached hydrogens (tertiary/aromatic N) is 1. The third-order valence-corrected chi connectivity index (χ3v) is 5.05. The van der Waals surface area contributed by atoms with Crippen LogP contribution in [0.2, 0.25) is 0 Å². The van der Waals surface area contributed by atoms with Crippen molar-refractivity contribution >= 4 is 5.91 Å². The zero-order chi connectivity index (χ0) is 14.1. The van der Waals surface area contributed by atoms with Crippen molar-refractivity contribution in [3.05, 3.63) is 34.2 Å². The molecule has 1 amide bonds. The maximum atomic E-state index is 12.7. The third kappa shape index (κ3) is 2.28. The number of pyridine rings is 1. The number of piperidine rings is 1. The van der Waals surface area contributed by atoms with Crippen molar-refractivity contribution in [2.75, 3.05) is 6.54 Å². The summed E-state index contributed by atoms with van der Waals surface area (Å²) in [5.41, 5.74) is 0.103. The van der Waals surface area contributed by atoms with Crippen LogP contribution < -0.4 is 5.43 Å². The molecule has 0 spiro atoms. The number of aromatic amines is 1. The summed E-state index contributed by atoms with van der Waals surface area (Å²) < 4.78 is 0. The number of hydrogen-bond donors (Lipinski definition) is 1. The molecule has 1 saturated carbocycles. The number of carbonyl (C=O) groups is 1. The monoisotopic (exact) mass is 274 g/mol. The standard InChI is InChI=1S/C16H22N2O2/c1-11-7-9-18(14-5-3-2-4-12(11)14)16(20)13-10-17-8-6-15(13)19/h6,8,10-12,14H,2-5,7,9H2,1H3,(H,17,19). The summed E-state index contributed by atoms with van der Waals surface area (Å²) in [6.07, 6.45) is 8.95. The second-order valence-electron chi connectivity index (χ2n) is 6.20. The normalized spacial score (nSPS) is 29.9. The first-order valence-electron chi connectivity index (χ1n) is 7.66. The van der Waals surface area contributed by atoms with Crippen molar-refractivity contribution in [2.45, 2.75) is 45.1 Å². The van der Waals surface area contributed by atoms with Gasteiger partial charge in [-0.15, -0.1) is 0 Å². The fraction of sp³-hybridized carbons (Fsp3) is 0.625. The molecule has 3 atom stereocenters. The predicted molar refractivity (Wildman–Crippen MR) is 77.6 cm³/mol. The zero-order valence-electron chi connectivity index (χ0n) is 12.0. The van der Waals surface area contributed by atoms with E-state index in [-0.39, 0.29) is 16.9 Å². The Morgan fingerprint density at radius 3 is 2.90 bits per heavy atom. The van der Waals surface area contributed by atoms with Crippen molar-refractivity contribution in [3.63, 3.8) is 0 Å². The Hall–Kier alpha value is -1.58. The summed E-state index contributed by atoms with van der Waals surface area (Å²) in [6, 6.07) is 1.76. The average molecular weight is 274 g/mol. The summed E-state index contributed by atoms with van der Waals surface area (Å²) in [7, 11) is 0. The van der Waals surface area contributed by atoms with Crippen LogP contribution in [-0.2, 0) is 0 Å². The molecule has 0 bridgehead atoms. The molecule has 1 saturated heterocycles. The minimum Gasteiger partial charge on any atom is -0.367 e. The summed E-state index contributed by atoms with van der Waals surface area (Å²) in [5, 5.41) is 0. The van der Waals surface area contributed by atoms with Gasteiger partial charge in [0.25, 0.3) is 5.91 Å². The molecule has 4 nitrogen and oxygen atoms in total. The van der Waals surface area contributed by atoms with Crippen molar-refractivity contribution in [3.8, 4) is 0 Å². The average Bonchev–Trinajstić information content (AvgIpc) is 2.48. The molecule has 108 valence electrons. The van der Waals surface area contributed by atoms with Crippen molar-refractivity contribution in [2.24, 2.45) is 11.8 Å². The van der Waals surface area contributed by atoms with E-state index in [2.05, 4.69) is 11.9 Å². The van der Waals surface area contributed by atoms with Gasteiger partial charge in [-0.3, -0.25) is 9.59 Å². The Kier molecular flexibility index (Phi) is 3.64. The molecule has 2 aliphatic rings. The number of rotatable bonds is 1. The molecule has 3 rings (SSSR count). The van der Waals surface area contributed by atoms with Gasteiger partial charge < -0.3 is 9.88 Å². The Labute approximate surface area is 119 Å². The highest BCUT2D eigenvalue weighted by Gasteiger charge is 2.39. The van der Waals surface area contributed by atoms with Crippen LogP contribution in [0.1, 0.15) is 49.4 Å². The number of amides is 1. The van der Waals surface area contributed by atoms with Gasteiger partial charge in [-0.05, 0) is 31.1 Å². The van der Waals surface area contributed by atoms with Gasteiger partial charge in [0.15, 0.2) is 5.43 Å². The van der Waals surface area contributed by atoms with Crippen LogP contribution in [-0.4, -0.2) is 28.4 Å². The number of carbonyl (C=O) groups excluding carboxylic acids is 1. The van der Waals surface area contributed by atoms with Crippen molar-refractivity contribution in [1.29, 1.82) is 0 Å². The van der Waals surface area contributed by atoms with Crippen LogP contribution in [0.5, 0.6) is 0 Å². The number of fused-ring (bicyclic) bond motifs is 1. The fourth-order valence-electron chi connectivity index (χ4n) is 3.90. The van der Waals surface area contributed by atoms with Gasteiger partial charge in [-0.1, -0.05) is 19.8 Å². The summed E-state index contributed by atoms with van der Waals surface area (Å²) in [4.78, 5) is 29.4. The fourth-order valence-corrected chi connectivity index (χ4v) is 3.90. The molecular formula is C16H22N2O2. The smallest absolute Gasteiger partial charge is 0.259 e. The van der Waals surface area contributed by atoms with E-state index in [1.54, 1.807) is 12.4 Å². The topological polar surface area (TPSA) is 53.2 Å². The van der Waals surface area contributed by atoms with Gasteiger partial charge in [0, 0.05) is 31.0 Å². The first-order valence-corrected chi connectivity index (χ1v) is 7.66. The highest BCUT2D eigenvalue weighted by Crippen LogP contribution is 2.39. The van der Waals surface area contributed by atoms with E-state index in [4.69, 9.17) is 0 Å². The van der Waals surface area contributed by atoms with E-state index >= 15 is 0 Å². The quantitative estimate of drug-likeness (QED) is 0.855. The Balaban J connectivity index is 1.87. The Bertz CT molecular complexity index is 551. The van der Waals surface area contributed by atoms with Crippen LogP contribution in [0.4, 0.5) is 0 Å². The molecule has 0 radical (unpaired) electrons. The highest BCUT2D eigenvalue weighted by molar-refractivity contribution is 5.94. The lowest BCUT2D eigenvalue weighted by atomic mass is 9.72. The molecule has 2 fully saturated rings. The molecule has 4 heteroatoms. The van der Waals surface area contributed by atoms with Crippen molar-refractivity contribution in [1.82, 2.24) is 9.88 Å². The zero-order valence-corrected chi connectivity index (χ0v) is 12.0. The van der Waals surface area contributed by atoms with E-state index < -0.39 is 0 Å². The van der Waals surface area contributed by atoms with E-state index in [1.165, 1.54) is 25.3 Å². The summed E-state index contributed by atoms with van der Waals surface area (Å²) in [6.45, 7) is 3.09. The summed E-state index contributed by atoms with van der Waals surface area (Å²) in [5.74, 6) is 1.22. The minimum atomic E-state index is -0.181. The van der Waals surface area contributed by atoms with Gasteiger partial charge >= 0.3 is 0 Å². The van der Waals surface area contributed by atoms with E-state index in [1.807, 2.05) is 4.90 Å². The number of hydrogen-bond acceptors (Lipinski definition) is 2. The minimum absolute atomic E-state index is 0.0874. The maximum Gasteiger partial charge on any atom is 0.259 e. The first-order chi connectivity index (χ1) is 9.68. The van der Waals surface area contributed by atoms with Crippen LogP contribution in [0, 0.1) is 11.8 Å². The van der Waals surface area contributed by atoms with Gasteiger partial charge in [0.2, 0.25) is 0 Å². The number of likely N-dealkylation sites (tertiary alicyclic amines) is 1. The van der Waals surface area contributed by atoms with Gasteiger partial charge in [0.1, 0.15) is 5.56 Å². The van der Waals surface area contributed by atoms with Gasteiger partial charge in [-0.25, -0.2) is 0 Å². The van der Waals surface area contributed by atoms with Crippen LogP contribution in [0.3, 0.4) is 0 Å². The van der Waals surface area contributed by atoms with Crippen LogP contribution in [0.25, 0.3) is 0 Å². The molecule has 2 heterocycles. The maximum absolute atomic E-state index is 12.7. The third-order valence-electron chi connectivity index (χ3n) is 5.05. The van der Waals surface area contributed by atoms with E-state index in [0.717, 1.165) is 19.4 Å². The molecule has 1 aliphatic carbocycles. The molecule has 20 heavy (non-hydrogen) atoms. The molecule has 1 aliphatic heterocycles. The van der Waals surface area contributed by atoms with Crippen LogP contribution in [0.15, 0.2) is 23.3 Å². The number of aromatic nitrogens is 1. The predicted octanol–water partition coefficient (Wildman–Crippen LogP) is 2.42. The van der Waals surface area contributed by atoms with Gasteiger partial charge in [0.05, 0.1) is 0 Å². The highest BCUT2D eigenvalue weighted by atomic mass is 16.2. The van der Waals surface area contributed by atoms with Crippen molar-refractivity contribution < 1.29 is 4.79 Å². The molecule has 1 aromatic rings. The molecule has 1 N–H and O–H groups in total. The largest absolute Gasteiger partial charge is 0.367 e. The van der Waals surface area contributed by atoms with Crippen LogP contribution >= 0.6 is 0 Å². The lowest BCUT2D eigenvalue weighted by Gasteiger charge is -2.47. The molecule has 0 aromatic carbocycles. The van der Waals surface area contributed by atoms with Gasteiger partial charge in [-0.2, -0.15) is 0 Å². The van der Waals surface area contributed by atoms with E-state index in [9.17, 15) is 9.59 Å². The SMILES string of the molecule is CC1CCN(C(=O)c2c[nH]ccc2=O)C2CCCCC12. The second kappa shape index (κ2) is 5.43. The Morgan fingerprint density at radius 1 is 1.30 bits per heavy atom. The number of nitrogens with one attached hydrogen (secondary N) is 1. The van der Waals surface area contributed by atoms with E-state index in [0.29, 0.717) is 17.9 Å². The Morgan fingerprint density at radius 2 is 2.10 bits per heavy atom.